The number of methoxy groups -OCH3 is 1. The van der Waals surface area contributed by atoms with E-state index in [1.54, 1.807) is 13.4 Å². The Kier molecular flexibility index (Phi) is 6.16. The van der Waals surface area contributed by atoms with Crippen LogP contribution in [0.3, 0.4) is 0 Å². The molecule has 6 heteroatoms. The summed E-state index contributed by atoms with van der Waals surface area (Å²) in [5.41, 5.74) is 0.764. The molecule has 1 atom stereocenters. The number of carbonyl (C=O) groups is 2. The minimum Gasteiger partial charge on any atom is -0.497 e. The van der Waals surface area contributed by atoms with Crippen molar-refractivity contribution in [3.8, 4) is 5.75 Å². The Labute approximate surface area is 159 Å². The van der Waals surface area contributed by atoms with Crippen LogP contribution in [0.15, 0.2) is 47.1 Å². The molecular weight excluding hydrogens is 344 g/mol. The second-order valence-corrected chi connectivity index (χ2v) is 7.03. The third kappa shape index (κ3) is 5.36. The largest absolute Gasteiger partial charge is 0.497 e. The van der Waals surface area contributed by atoms with Crippen molar-refractivity contribution in [3.05, 3.63) is 54.0 Å². The van der Waals surface area contributed by atoms with Gasteiger partial charge in [0.25, 0.3) is 0 Å². The van der Waals surface area contributed by atoms with Crippen molar-refractivity contribution in [3.63, 3.8) is 0 Å². The summed E-state index contributed by atoms with van der Waals surface area (Å²) >= 11 is 0. The van der Waals surface area contributed by atoms with E-state index in [1.165, 1.54) is 0 Å². The first-order valence-electron chi connectivity index (χ1n) is 9.32. The average molecular weight is 370 g/mol. The highest BCUT2D eigenvalue weighted by molar-refractivity contribution is 5.80. The van der Waals surface area contributed by atoms with Gasteiger partial charge in [0, 0.05) is 31.3 Å². The maximum atomic E-state index is 12.2. The number of amides is 2. The van der Waals surface area contributed by atoms with E-state index >= 15 is 0 Å². The SMILES string of the molecule is COc1ccc(C[C@]2(CCC(=O)NCCc3ccco3)CCC(=O)N2)cc1. The molecule has 1 aliphatic rings. The lowest BCUT2D eigenvalue weighted by atomic mass is 9.85. The quantitative estimate of drug-likeness (QED) is 0.711. The molecule has 0 radical (unpaired) electrons. The van der Waals surface area contributed by atoms with E-state index in [0.29, 0.717) is 38.6 Å². The zero-order chi connectivity index (χ0) is 19.1. The maximum absolute atomic E-state index is 12.2. The number of furan rings is 1. The van der Waals surface area contributed by atoms with E-state index in [4.69, 9.17) is 9.15 Å². The van der Waals surface area contributed by atoms with Gasteiger partial charge in [-0.1, -0.05) is 12.1 Å². The first kappa shape index (κ1) is 19.0. The van der Waals surface area contributed by atoms with Crippen LogP contribution >= 0.6 is 0 Å². The van der Waals surface area contributed by atoms with E-state index < -0.39 is 0 Å². The highest BCUT2D eigenvalue weighted by atomic mass is 16.5. The van der Waals surface area contributed by atoms with Gasteiger partial charge in [-0.05, 0) is 49.1 Å². The monoisotopic (exact) mass is 370 g/mol. The van der Waals surface area contributed by atoms with Gasteiger partial charge in [-0.15, -0.1) is 0 Å². The zero-order valence-electron chi connectivity index (χ0n) is 15.6. The van der Waals surface area contributed by atoms with Crippen LogP contribution in [-0.4, -0.2) is 31.0 Å². The van der Waals surface area contributed by atoms with Gasteiger partial charge < -0.3 is 19.8 Å². The van der Waals surface area contributed by atoms with Gasteiger partial charge in [0.05, 0.1) is 13.4 Å². The zero-order valence-corrected chi connectivity index (χ0v) is 15.6. The predicted octanol–water partition coefficient (Wildman–Crippen LogP) is 2.62. The Bertz CT molecular complexity index is 755. The molecule has 3 rings (SSSR count). The second-order valence-electron chi connectivity index (χ2n) is 7.03. The van der Waals surface area contributed by atoms with E-state index in [0.717, 1.165) is 23.5 Å². The van der Waals surface area contributed by atoms with Crippen molar-refractivity contribution in [1.29, 1.82) is 0 Å². The standard InChI is InChI=1S/C21H26N2O4/c1-26-17-6-4-16(5-7-17)15-21(12-9-20(25)23-21)11-8-19(24)22-13-10-18-3-2-14-27-18/h2-7,14H,8-13,15H2,1H3,(H,22,24)(H,23,25)/t21-/m0/s1. The van der Waals surface area contributed by atoms with Crippen LogP contribution in [-0.2, 0) is 22.4 Å². The van der Waals surface area contributed by atoms with Crippen molar-refractivity contribution >= 4 is 11.8 Å². The fourth-order valence-electron chi connectivity index (χ4n) is 3.54. The molecule has 1 fully saturated rings. The van der Waals surface area contributed by atoms with Gasteiger partial charge in [-0.2, -0.15) is 0 Å². The molecule has 2 N–H and O–H groups in total. The number of hydrogen-bond donors (Lipinski definition) is 2. The average Bonchev–Trinajstić information content (AvgIpc) is 3.31. The molecule has 1 aromatic heterocycles. The predicted molar refractivity (Wildman–Crippen MR) is 101 cm³/mol. The van der Waals surface area contributed by atoms with E-state index in [1.807, 2.05) is 36.4 Å². The molecule has 2 heterocycles. The maximum Gasteiger partial charge on any atom is 0.220 e. The minimum atomic E-state index is -0.357. The van der Waals surface area contributed by atoms with Crippen LogP contribution in [0.5, 0.6) is 5.75 Å². The van der Waals surface area contributed by atoms with Crippen molar-refractivity contribution in [2.45, 2.75) is 44.1 Å². The highest BCUT2D eigenvalue weighted by Gasteiger charge is 2.37. The first-order valence-corrected chi connectivity index (χ1v) is 9.32. The number of rotatable bonds is 9. The van der Waals surface area contributed by atoms with Gasteiger partial charge in [0.1, 0.15) is 11.5 Å². The summed E-state index contributed by atoms with van der Waals surface area (Å²) < 4.78 is 10.5. The Morgan fingerprint density at radius 2 is 2.11 bits per heavy atom. The Balaban J connectivity index is 1.52. The molecule has 1 aromatic carbocycles. The smallest absolute Gasteiger partial charge is 0.220 e. The van der Waals surface area contributed by atoms with E-state index in [9.17, 15) is 9.59 Å². The fourth-order valence-corrected chi connectivity index (χ4v) is 3.54. The normalized spacial score (nSPS) is 18.9. The fraction of sp³-hybridized carbons (Fsp3) is 0.429. The molecule has 144 valence electrons. The Morgan fingerprint density at radius 3 is 2.74 bits per heavy atom. The summed E-state index contributed by atoms with van der Waals surface area (Å²) in [5.74, 6) is 1.71. The van der Waals surface area contributed by atoms with Gasteiger partial charge in [-0.25, -0.2) is 0 Å². The lowest BCUT2D eigenvalue weighted by molar-refractivity contribution is -0.122. The first-order chi connectivity index (χ1) is 13.1. The summed E-state index contributed by atoms with van der Waals surface area (Å²) in [7, 11) is 1.64. The van der Waals surface area contributed by atoms with Crippen molar-refractivity contribution in [2.75, 3.05) is 13.7 Å². The van der Waals surface area contributed by atoms with Gasteiger partial charge in [0.15, 0.2) is 0 Å². The molecule has 0 aliphatic carbocycles. The van der Waals surface area contributed by atoms with Crippen LogP contribution in [0, 0.1) is 0 Å². The number of hydrogen-bond acceptors (Lipinski definition) is 4. The third-order valence-electron chi connectivity index (χ3n) is 5.04. The molecule has 0 unspecified atom stereocenters. The minimum absolute atomic E-state index is 0.00295. The third-order valence-corrected chi connectivity index (χ3v) is 5.04. The van der Waals surface area contributed by atoms with Crippen LogP contribution in [0.25, 0.3) is 0 Å². The van der Waals surface area contributed by atoms with Crippen LogP contribution in [0.2, 0.25) is 0 Å². The number of nitrogens with one attached hydrogen (secondary N) is 2. The molecule has 2 aromatic rings. The molecule has 1 aliphatic heterocycles. The van der Waals surface area contributed by atoms with Crippen LogP contribution < -0.4 is 15.4 Å². The lowest BCUT2D eigenvalue weighted by Crippen LogP contribution is -2.44. The molecule has 0 spiro atoms. The molecule has 27 heavy (non-hydrogen) atoms. The molecule has 2 amide bonds. The molecular formula is C21H26N2O4. The van der Waals surface area contributed by atoms with Gasteiger partial charge in [-0.3, -0.25) is 9.59 Å². The lowest BCUT2D eigenvalue weighted by Gasteiger charge is -2.29. The molecule has 1 saturated heterocycles. The van der Waals surface area contributed by atoms with Crippen LogP contribution in [0.4, 0.5) is 0 Å². The molecule has 0 bridgehead atoms. The number of benzene rings is 1. The summed E-state index contributed by atoms with van der Waals surface area (Å²) in [6, 6.07) is 11.6. The van der Waals surface area contributed by atoms with E-state index in [2.05, 4.69) is 10.6 Å². The Morgan fingerprint density at radius 1 is 1.30 bits per heavy atom. The second kappa shape index (κ2) is 8.75. The summed E-state index contributed by atoms with van der Waals surface area (Å²) in [6.07, 6.45) is 5.28. The summed E-state index contributed by atoms with van der Waals surface area (Å²) in [5, 5.41) is 6.04. The van der Waals surface area contributed by atoms with Gasteiger partial charge >= 0.3 is 0 Å². The molecule has 0 saturated carbocycles. The topological polar surface area (TPSA) is 80.6 Å². The number of carbonyl (C=O) groups excluding carboxylic acids is 2. The highest BCUT2D eigenvalue weighted by Crippen LogP contribution is 2.30. The number of ether oxygens (including phenoxy) is 1. The van der Waals surface area contributed by atoms with Crippen molar-refractivity contribution in [2.24, 2.45) is 0 Å². The Hall–Kier alpha value is -2.76. The van der Waals surface area contributed by atoms with Crippen LogP contribution in [0.1, 0.15) is 37.0 Å². The van der Waals surface area contributed by atoms with Crippen molar-refractivity contribution < 1.29 is 18.7 Å². The summed E-state index contributed by atoms with van der Waals surface area (Å²) in [4.78, 5) is 24.1. The van der Waals surface area contributed by atoms with Gasteiger partial charge in [0.2, 0.25) is 11.8 Å². The van der Waals surface area contributed by atoms with Crippen molar-refractivity contribution in [1.82, 2.24) is 10.6 Å². The summed E-state index contributed by atoms with van der Waals surface area (Å²) in [6.45, 7) is 0.546. The molecule has 6 nitrogen and oxygen atoms in total. The van der Waals surface area contributed by atoms with E-state index in [-0.39, 0.29) is 17.4 Å².